The summed E-state index contributed by atoms with van der Waals surface area (Å²) in [6.07, 6.45) is 8.76. The van der Waals surface area contributed by atoms with E-state index in [0.29, 0.717) is 35.9 Å². The van der Waals surface area contributed by atoms with E-state index in [4.69, 9.17) is 5.10 Å². The Morgan fingerprint density at radius 1 is 0.972 bits per heavy atom. The highest BCUT2D eigenvalue weighted by molar-refractivity contribution is 6.00. The minimum Gasteiger partial charge on any atom is -0.349 e. The molecule has 1 saturated heterocycles. The van der Waals surface area contributed by atoms with Crippen LogP contribution in [-0.4, -0.2) is 45.6 Å². The number of halogens is 1. The Labute approximate surface area is 211 Å². The van der Waals surface area contributed by atoms with Gasteiger partial charge in [-0.15, -0.1) is 0 Å². The van der Waals surface area contributed by atoms with Crippen molar-refractivity contribution in [2.24, 2.45) is 5.92 Å². The van der Waals surface area contributed by atoms with Crippen LogP contribution < -0.4 is 5.32 Å². The lowest BCUT2D eigenvalue weighted by Crippen LogP contribution is -2.48. The molecule has 1 aromatic heterocycles. The van der Waals surface area contributed by atoms with Gasteiger partial charge in [0.2, 0.25) is 5.91 Å². The van der Waals surface area contributed by atoms with Crippen molar-refractivity contribution >= 4 is 11.8 Å². The zero-order valence-corrected chi connectivity index (χ0v) is 20.8. The normalized spacial score (nSPS) is 17.2. The van der Waals surface area contributed by atoms with Crippen molar-refractivity contribution in [3.8, 4) is 16.9 Å². The summed E-state index contributed by atoms with van der Waals surface area (Å²) in [4.78, 5) is 28.3. The fourth-order valence-corrected chi connectivity index (χ4v) is 5.39. The third kappa shape index (κ3) is 5.35. The number of amides is 2. The molecule has 3 aromatic rings. The predicted molar refractivity (Wildman–Crippen MR) is 137 cm³/mol. The lowest BCUT2D eigenvalue weighted by Gasteiger charge is -2.35. The lowest BCUT2D eigenvalue weighted by atomic mass is 9.87. The molecule has 0 spiro atoms. The molecule has 1 saturated carbocycles. The molecule has 6 nitrogen and oxygen atoms in total. The maximum absolute atomic E-state index is 13.4. The number of carbonyl (C=O) groups excluding carboxylic acids is 2. The van der Waals surface area contributed by atoms with E-state index >= 15 is 0 Å². The van der Waals surface area contributed by atoms with Gasteiger partial charge in [0.05, 0.1) is 11.3 Å². The van der Waals surface area contributed by atoms with Crippen molar-refractivity contribution < 1.29 is 14.0 Å². The van der Waals surface area contributed by atoms with Gasteiger partial charge in [-0.3, -0.25) is 9.59 Å². The van der Waals surface area contributed by atoms with Crippen LogP contribution in [-0.2, 0) is 4.79 Å². The number of likely N-dealkylation sites (tertiary alicyclic amines) is 1. The van der Waals surface area contributed by atoms with Crippen LogP contribution in [0.4, 0.5) is 4.39 Å². The summed E-state index contributed by atoms with van der Waals surface area (Å²) in [5, 5.41) is 7.89. The molecule has 2 aliphatic rings. The average Bonchev–Trinajstić information content (AvgIpc) is 3.35. The van der Waals surface area contributed by atoms with Gasteiger partial charge in [0.1, 0.15) is 11.5 Å². The molecule has 7 heteroatoms. The second-order valence-corrected chi connectivity index (χ2v) is 10.1. The minimum atomic E-state index is -0.323. The SMILES string of the molecule is Cc1cccc(-c2nn(-c3ccc(F)cc3)cc2C(=O)NC2CCN(C(=O)C3CCCCC3)CC2)c1. The van der Waals surface area contributed by atoms with Crippen LogP contribution in [0.5, 0.6) is 0 Å². The van der Waals surface area contributed by atoms with E-state index in [2.05, 4.69) is 5.32 Å². The summed E-state index contributed by atoms with van der Waals surface area (Å²) in [6.45, 7) is 3.36. The molecule has 2 amide bonds. The smallest absolute Gasteiger partial charge is 0.255 e. The molecule has 2 heterocycles. The minimum absolute atomic E-state index is 0.00689. The van der Waals surface area contributed by atoms with Gasteiger partial charge in [-0.05, 0) is 62.9 Å². The zero-order chi connectivity index (χ0) is 25.1. The Hall–Kier alpha value is -3.48. The van der Waals surface area contributed by atoms with Crippen molar-refractivity contribution in [1.29, 1.82) is 0 Å². The van der Waals surface area contributed by atoms with E-state index in [1.165, 1.54) is 18.6 Å². The van der Waals surface area contributed by atoms with Gasteiger partial charge in [-0.2, -0.15) is 5.10 Å². The Balaban J connectivity index is 1.31. The van der Waals surface area contributed by atoms with Crippen LogP contribution in [0.2, 0.25) is 0 Å². The summed E-state index contributed by atoms with van der Waals surface area (Å²) < 4.78 is 15.1. The van der Waals surface area contributed by atoms with E-state index < -0.39 is 0 Å². The number of hydrogen-bond donors (Lipinski definition) is 1. The van der Waals surface area contributed by atoms with E-state index in [0.717, 1.165) is 49.7 Å². The van der Waals surface area contributed by atoms with Crippen LogP contribution in [0.25, 0.3) is 16.9 Å². The molecular formula is C29H33FN4O2. The number of aromatic nitrogens is 2. The van der Waals surface area contributed by atoms with Crippen molar-refractivity contribution in [2.75, 3.05) is 13.1 Å². The molecule has 2 fully saturated rings. The molecule has 1 N–H and O–H groups in total. The number of piperidine rings is 1. The number of aryl methyl sites for hydroxylation is 1. The van der Waals surface area contributed by atoms with Crippen LogP contribution >= 0.6 is 0 Å². The van der Waals surface area contributed by atoms with Crippen molar-refractivity contribution in [2.45, 2.75) is 57.9 Å². The number of nitrogens with zero attached hydrogens (tertiary/aromatic N) is 3. The van der Waals surface area contributed by atoms with Gasteiger partial charge >= 0.3 is 0 Å². The molecule has 0 bridgehead atoms. The molecule has 2 aromatic carbocycles. The monoisotopic (exact) mass is 488 g/mol. The Morgan fingerprint density at radius 2 is 1.69 bits per heavy atom. The van der Waals surface area contributed by atoms with Crippen LogP contribution in [0, 0.1) is 18.7 Å². The highest BCUT2D eigenvalue weighted by Crippen LogP contribution is 2.28. The molecule has 1 aliphatic heterocycles. The quantitative estimate of drug-likeness (QED) is 0.531. The second kappa shape index (κ2) is 10.6. The first kappa shape index (κ1) is 24.2. The second-order valence-electron chi connectivity index (χ2n) is 10.1. The van der Waals surface area contributed by atoms with Crippen LogP contribution in [0.15, 0.2) is 54.7 Å². The third-order valence-electron chi connectivity index (χ3n) is 7.44. The first-order valence-corrected chi connectivity index (χ1v) is 13.0. The topological polar surface area (TPSA) is 67.2 Å². The summed E-state index contributed by atoms with van der Waals surface area (Å²) in [5.41, 5.74) is 3.68. The molecule has 0 unspecified atom stereocenters. The fourth-order valence-electron chi connectivity index (χ4n) is 5.39. The summed E-state index contributed by atoms with van der Waals surface area (Å²) in [5.74, 6) is -0.0334. The highest BCUT2D eigenvalue weighted by atomic mass is 19.1. The van der Waals surface area contributed by atoms with E-state index in [-0.39, 0.29) is 23.7 Å². The Kier molecular flexibility index (Phi) is 7.16. The van der Waals surface area contributed by atoms with Gasteiger partial charge in [-0.25, -0.2) is 9.07 Å². The summed E-state index contributed by atoms with van der Waals surface area (Å²) in [6, 6.07) is 13.9. The summed E-state index contributed by atoms with van der Waals surface area (Å²) >= 11 is 0. The van der Waals surface area contributed by atoms with E-state index in [1.807, 2.05) is 36.1 Å². The fraction of sp³-hybridized carbons (Fsp3) is 0.414. The lowest BCUT2D eigenvalue weighted by molar-refractivity contribution is -0.137. The van der Waals surface area contributed by atoms with Crippen LogP contribution in [0.1, 0.15) is 60.9 Å². The van der Waals surface area contributed by atoms with E-state index in [1.54, 1.807) is 23.0 Å². The molecular weight excluding hydrogens is 455 g/mol. The zero-order valence-electron chi connectivity index (χ0n) is 20.8. The highest BCUT2D eigenvalue weighted by Gasteiger charge is 2.30. The van der Waals surface area contributed by atoms with Gasteiger partial charge in [0.15, 0.2) is 0 Å². The Morgan fingerprint density at radius 3 is 2.39 bits per heavy atom. The number of benzene rings is 2. The third-order valence-corrected chi connectivity index (χ3v) is 7.44. The largest absolute Gasteiger partial charge is 0.349 e. The molecule has 0 atom stereocenters. The number of rotatable bonds is 5. The number of nitrogens with one attached hydrogen (secondary N) is 1. The Bertz CT molecular complexity index is 1220. The maximum Gasteiger partial charge on any atom is 0.255 e. The first-order chi connectivity index (χ1) is 17.5. The standard InChI is InChI=1S/C29H33FN4O2/c1-20-6-5-9-22(18-20)27-26(19-34(32-27)25-12-10-23(30)11-13-25)28(35)31-24-14-16-33(17-15-24)29(36)21-7-3-2-4-8-21/h5-6,9-13,18-19,21,24H,2-4,7-8,14-17H2,1H3,(H,31,35). The molecule has 36 heavy (non-hydrogen) atoms. The average molecular weight is 489 g/mol. The first-order valence-electron chi connectivity index (χ1n) is 13.0. The molecule has 0 radical (unpaired) electrons. The van der Waals surface area contributed by atoms with Crippen LogP contribution in [0.3, 0.4) is 0 Å². The molecule has 188 valence electrons. The van der Waals surface area contributed by atoms with Crippen molar-refractivity contribution in [3.05, 3.63) is 71.7 Å². The van der Waals surface area contributed by atoms with Gasteiger partial charge < -0.3 is 10.2 Å². The van der Waals surface area contributed by atoms with Crippen molar-refractivity contribution in [1.82, 2.24) is 20.0 Å². The van der Waals surface area contributed by atoms with Gasteiger partial charge in [0, 0.05) is 36.8 Å². The maximum atomic E-state index is 13.4. The summed E-state index contributed by atoms with van der Waals surface area (Å²) in [7, 11) is 0. The van der Waals surface area contributed by atoms with Crippen molar-refractivity contribution in [3.63, 3.8) is 0 Å². The van der Waals surface area contributed by atoms with Gasteiger partial charge in [0.25, 0.3) is 5.91 Å². The number of hydrogen-bond acceptors (Lipinski definition) is 3. The van der Waals surface area contributed by atoms with E-state index in [9.17, 15) is 14.0 Å². The molecule has 5 rings (SSSR count). The predicted octanol–water partition coefficient (Wildman–Crippen LogP) is 5.29. The van der Waals surface area contributed by atoms with Gasteiger partial charge in [-0.1, -0.05) is 43.0 Å². The molecule has 1 aliphatic carbocycles. The number of carbonyl (C=O) groups is 2.